The highest BCUT2D eigenvalue weighted by Gasteiger charge is 2.14. The Hall–Kier alpha value is -0.640. The number of hydrogen-bond acceptors (Lipinski definition) is 2. The van der Waals surface area contributed by atoms with E-state index in [1.165, 1.54) is 21.6 Å². The first-order valence-electron chi connectivity index (χ1n) is 5.96. The molecule has 1 atom stereocenters. The van der Waals surface area contributed by atoms with Gasteiger partial charge in [-0.25, -0.2) is 0 Å². The Morgan fingerprint density at radius 3 is 2.44 bits per heavy atom. The SMILES string of the molecule is Cc1cc(C)c(C(O)Cc2sccc2Br)cc1C. The quantitative estimate of drug-likeness (QED) is 0.866. The van der Waals surface area contributed by atoms with Crippen molar-refractivity contribution in [3.8, 4) is 0 Å². The number of halogens is 1. The van der Waals surface area contributed by atoms with E-state index in [0.29, 0.717) is 6.42 Å². The summed E-state index contributed by atoms with van der Waals surface area (Å²) < 4.78 is 1.09. The van der Waals surface area contributed by atoms with Crippen LogP contribution >= 0.6 is 27.3 Å². The molecule has 2 rings (SSSR count). The highest BCUT2D eigenvalue weighted by molar-refractivity contribution is 9.10. The average Bonchev–Trinajstić information content (AvgIpc) is 2.69. The molecule has 3 heteroatoms. The first kappa shape index (κ1) is 13.8. The van der Waals surface area contributed by atoms with Crippen LogP contribution < -0.4 is 0 Å². The van der Waals surface area contributed by atoms with Crippen LogP contribution in [0.1, 0.15) is 33.2 Å². The molecule has 1 aromatic heterocycles. The molecular formula is C15H17BrOS. The number of aliphatic hydroxyl groups is 1. The number of aliphatic hydroxyl groups excluding tert-OH is 1. The molecule has 18 heavy (non-hydrogen) atoms. The first-order chi connectivity index (χ1) is 8.49. The Labute approximate surface area is 121 Å². The van der Waals surface area contributed by atoms with Crippen molar-refractivity contribution in [1.82, 2.24) is 0 Å². The van der Waals surface area contributed by atoms with E-state index >= 15 is 0 Å². The summed E-state index contributed by atoms with van der Waals surface area (Å²) in [5, 5.41) is 12.4. The molecule has 1 nitrogen and oxygen atoms in total. The van der Waals surface area contributed by atoms with Gasteiger partial charge in [0.25, 0.3) is 0 Å². The van der Waals surface area contributed by atoms with Crippen LogP contribution in [0.3, 0.4) is 0 Å². The van der Waals surface area contributed by atoms with Crippen LogP contribution in [0.15, 0.2) is 28.1 Å². The van der Waals surface area contributed by atoms with Gasteiger partial charge in [-0.3, -0.25) is 0 Å². The predicted octanol–water partition coefficient (Wildman–Crippen LogP) is 4.71. The molecule has 2 aromatic rings. The summed E-state index contributed by atoms with van der Waals surface area (Å²) in [5.74, 6) is 0. The summed E-state index contributed by atoms with van der Waals surface area (Å²) in [6.07, 6.45) is 0.237. The van der Waals surface area contributed by atoms with Crippen LogP contribution in [0.25, 0.3) is 0 Å². The molecule has 0 spiro atoms. The summed E-state index contributed by atoms with van der Waals surface area (Å²) in [6.45, 7) is 6.26. The normalized spacial score (nSPS) is 12.7. The lowest BCUT2D eigenvalue weighted by molar-refractivity contribution is 0.178. The Morgan fingerprint density at radius 2 is 1.83 bits per heavy atom. The molecule has 0 aliphatic carbocycles. The van der Waals surface area contributed by atoms with Crippen molar-refractivity contribution in [3.05, 3.63) is 55.2 Å². The van der Waals surface area contributed by atoms with E-state index in [1.54, 1.807) is 11.3 Å². The fourth-order valence-corrected chi connectivity index (χ4v) is 3.65. The van der Waals surface area contributed by atoms with E-state index in [-0.39, 0.29) is 0 Å². The van der Waals surface area contributed by atoms with Crippen molar-refractivity contribution < 1.29 is 5.11 Å². The number of thiophene rings is 1. The van der Waals surface area contributed by atoms with E-state index in [9.17, 15) is 5.11 Å². The van der Waals surface area contributed by atoms with Crippen LogP contribution in [0.5, 0.6) is 0 Å². The lowest BCUT2D eigenvalue weighted by Gasteiger charge is -2.15. The van der Waals surface area contributed by atoms with Gasteiger partial charge in [0.15, 0.2) is 0 Å². The zero-order chi connectivity index (χ0) is 13.3. The zero-order valence-corrected chi connectivity index (χ0v) is 13.2. The molecule has 96 valence electrons. The third kappa shape index (κ3) is 2.85. The maximum Gasteiger partial charge on any atom is 0.0841 e. The van der Waals surface area contributed by atoms with Gasteiger partial charge in [-0.05, 0) is 70.4 Å². The standard InChI is InChI=1S/C15H17BrOS/c1-9-6-11(3)12(7-10(9)2)14(17)8-15-13(16)4-5-18-15/h4-7,14,17H,8H2,1-3H3. The average molecular weight is 325 g/mol. The van der Waals surface area contributed by atoms with Gasteiger partial charge >= 0.3 is 0 Å². The third-order valence-corrected chi connectivity index (χ3v) is 5.26. The van der Waals surface area contributed by atoms with Gasteiger partial charge in [0.05, 0.1) is 6.10 Å². The molecule has 0 amide bonds. The van der Waals surface area contributed by atoms with Crippen LogP contribution in [0.2, 0.25) is 0 Å². The van der Waals surface area contributed by atoms with E-state index in [2.05, 4.69) is 48.8 Å². The highest BCUT2D eigenvalue weighted by Crippen LogP contribution is 2.30. The number of aryl methyl sites for hydroxylation is 3. The van der Waals surface area contributed by atoms with Crippen molar-refractivity contribution in [2.45, 2.75) is 33.3 Å². The molecule has 0 radical (unpaired) electrons. The smallest absolute Gasteiger partial charge is 0.0841 e. The van der Waals surface area contributed by atoms with Crippen molar-refractivity contribution in [2.75, 3.05) is 0 Å². The lowest BCUT2D eigenvalue weighted by Crippen LogP contribution is -2.04. The van der Waals surface area contributed by atoms with E-state index < -0.39 is 6.10 Å². The molecule has 0 saturated heterocycles. The Morgan fingerprint density at radius 1 is 1.17 bits per heavy atom. The second kappa shape index (κ2) is 5.55. The fraction of sp³-hybridized carbons (Fsp3) is 0.333. The van der Waals surface area contributed by atoms with Gasteiger partial charge in [0.2, 0.25) is 0 Å². The van der Waals surface area contributed by atoms with Gasteiger partial charge in [-0.2, -0.15) is 0 Å². The predicted molar refractivity (Wildman–Crippen MR) is 81.3 cm³/mol. The molecule has 1 unspecified atom stereocenters. The minimum atomic E-state index is -0.431. The Kier molecular flexibility index (Phi) is 4.25. The molecular weight excluding hydrogens is 308 g/mol. The highest BCUT2D eigenvalue weighted by atomic mass is 79.9. The zero-order valence-electron chi connectivity index (χ0n) is 10.8. The van der Waals surface area contributed by atoms with Crippen molar-refractivity contribution in [3.63, 3.8) is 0 Å². The molecule has 1 heterocycles. The fourth-order valence-electron chi connectivity index (χ4n) is 2.10. The summed E-state index contributed by atoms with van der Waals surface area (Å²) in [4.78, 5) is 1.19. The van der Waals surface area contributed by atoms with Crippen LogP contribution in [0.4, 0.5) is 0 Å². The largest absolute Gasteiger partial charge is 0.388 e. The number of hydrogen-bond donors (Lipinski definition) is 1. The van der Waals surface area contributed by atoms with Crippen LogP contribution in [-0.2, 0) is 6.42 Å². The summed E-state index contributed by atoms with van der Waals surface area (Å²) in [5.41, 5.74) is 4.72. The minimum absolute atomic E-state index is 0.431. The first-order valence-corrected chi connectivity index (χ1v) is 7.64. The maximum absolute atomic E-state index is 10.4. The van der Waals surface area contributed by atoms with E-state index in [0.717, 1.165) is 10.0 Å². The second-order valence-corrected chi connectivity index (χ2v) is 6.56. The maximum atomic E-state index is 10.4. The van der Waals surface area contributed by atoms with Gasteiger partial charge in [0, 0.05) is 15.8 Å². The van der Waals surface area contributed by atoms with Gasteiger partial charge in [0.1, 0.15) is 0 Å². The van der Waals surface area contributed by atoms with E-state index in [4.69, 9.17) is 0 Å². The summed E-state index contributed by atoms with van der Waals surface area (Å²) >= 11 is 5.19. The van der Waals surface area contributed by atoms with E-state index in [1.807, 2.05) is 11.4 Å². The van der Waals surface area contributed by atoms with Crippen molar-refractivity contribution >= 4 is 27.3 Å². The molecule has 0 aliphatic rings. The van der Waals surface area contributed by atoms with Gasteiger partial charge in [-0.1, -0.05) is 12.1 Å². The van der Waals surface area contributed by atoms with Gasteiger partial charge < -0.3 is 5.11 Å². The summed E-state index contributed by atoms with van der Waals surface area (Å²) in [6, 6.07) is 6.29. The Bertz CT molecular complexity index is 560. The second-order valence-electron chi connectivity index (χ2n) is 4.70. The van der Waals surface area contributed by atoms with Crippen LogP contribution in [0, 0.1) is 20.8 Å². The summed E-state index contributed by atoms with van der Waals surface area (Å²) in [7, 11) is 0. The van der Waals surface area contributed by atoms with Crippen molar-refractivity contribution in [2.24, 2.45) is 0 Å². The number of benzene rings is 1. The monoisotopic (exact) mass is 324 g/mol. The molecule has 0 bridgehead atoms. The molecule has 0 aliphatic heterocycles. The van der Waals surface area contributed by atoms with Crippen molar-refractivity contribution in [1.29, 1.82) is 0 Å². The van der Waals surface area contributed by atoms with Gasteiger partial charge in [-0.15, -0.1) is 11.3 Å². The number of rotatable bonds is 3. The molecule has 1 aromatic carbocycles. The molecule has 1 N–H and O–H groups in total. The minimum Gasteiger partial charge on any atom is -0.388 e. The molecule has 0 saturated carbocycles. The third-order valence-electron chi connectivity index (χ3n) is 3.31. The Balaban J connectivity index is 2.26. The van der Waals surface area contributed by atoms with Crippen LogP contribution in [-0.4, -0.2) is 5.11 Å². The molecule has 0 fully saturated rings. The lowest BCUT2D eigenvalue weighted by atomic mass is 9.95. The topological polar surface area (TPSA) is 20.2 Å².